The Bertz CT molecular complexity index is 517. The van der Waals surface area contributed by atoms with Gasteiger partial charge in [0, 0.05) is 18.7 Å². The molecular formula is C13H13NO3. The Balaban J connectivity index is 2.12. The number of aromatic hydroxyl groups is 1. The second-order valence-corrected chi connectivity index (χ2v) is 3.55. The summed E-state index contributed by atoms with van der Waals surface area (Å²) in [6, 6.07) is 8.88. The molecule has 2 rings (SSSR count). The molecule has 0 unspecified atom stereocenters. The summed E-state index contributed by atoms with van der Waals surface area (Å²) < 4.78 is 10.0. The van der Waals surface area contributed by atoms with Crippen molar-refractivity contribution >= 4 is 12.2 Å². The van der Waals surface area contributed by atoms with Gasteiger partial charge in [-0.05, 0) is 18.2 Å². The van der Waals surface area contributed by atoms with Crippen LogP contribution in [0.2, 0.25) is 0 Å². The summed E-state index contributed by atoms with van der Waals surface area (Å²) in [5.74, 6) is 0.862. The zero-order valence-corrected chi connectivity index (χ0v) is 9.46. The number of methoxy groups -OCH3 is 1. The van der Waals surface area contributed by atoms with Crippen molar-refractivity contribution in [2.24, 2.45) is 0 Å². The predicted octanol–water partition coefficient (Wildman–Crippen LogP) is 2.70. The maximum Gasteiger partial charge on any atom is 0.160 e. The molecule has 0 aliphatic carbocycles. The maximum absolute atomic E-state index is 9.56. The standard InChI is InChI=1S/C13H13NO3/c1-16-9-11-8-12(17-14-11)7-6-10-4-2-3-5-13(10)15/h2-8,15H,9H2,1H3/b7-6+. The van der Waals surface area contributed by atoms with Gasteiger partial charge in [0.1, 0.15) is 11.4 Å². The van der Waals surface area contributed by atoms with E-state index in [0.717, 1.165) is 11.3 Å². The van der Waals surface area contributed by atoms with E-state index in [1.165, 1.54) is 0 Å². The molecule has 0 spiro atoms. The van der Waals surface area contributed by atoms with Gasteiger partial charge < -0.3 is 14.4 Å². The van der Waals surface area contributed by atoms with Crippen LogP contribution in [0, 0.1) is 0 Å². The molecule has 1 heterocycles. The van der Waals surface area contributed by atoms with Gasteiger partial charge in [0.2, 0.25) is 0 Å². The largest absolute Gasteiger partial charge is 0.507 e. The van der Waals surface area contributed by atoms with Gasteiger partial charge in [-0.15, -0.1) is 0 Å². The molecule has 0 aliphatic rings. The number of para-hydroxylation sites is 1. The lowest BCUT2D eigenvalue weighted by atomic mass is 10.2. The Morgan fingerprint density at radius 3 is 2.94 bits per heavy atom. The molecule has 0 bridgehead atoms. The highest BCUT2D eigenvalue weighted by Crippen LogP contribution is 2.18. The third kappa shape index (κ3) is 2.95. The minimum absolute atomic E-state index is 0.236. The van der Waals surface area contributed by atoms with Crippen LogP contribution in [0.1, 0.15) is 17.0 Å². The van der Waals surface area contributed by atoms with Gasteiger partial charge in [0.25, 0.3) is 0 Å². The second kappa shape index (κ2) is 5.32. The Kier molecular flexibility index (Phi) is 3.57. The molecule has 0 aliphatic heterocycles. The van der Waals surface area contributed by atoms with E-state index in [-0.39, 0.29) is 5.75 Å². The highest BCUT2D eigenvalue weighted by atomic mass is 16.5. The highest BCUT2D eigenvalue weighted by Gasteiger charge is 2.00. The van der Waals surface area contributed by atoms with E-state index in [4.69, 9.17) is 9.26 Å². The van der Waals surface area contributed by atoms with Gasteiger partial charge in [-0.3, -0.25) is 0 Å². The van der Waals surface area contributed by atoms with Crippen LogP contribution in [0.25, 0.3) is 12.2 Å². The molecule has 17 heavy (non-hydrogen) atoms. The summed E-state index contributed by atoms with van der Waals surface area (Å²) in [5.41, 5.74) is 1.47. The summed E-state index contributed by atoms with van der Waals surface area (Å²) >= 11 is 0. The second-order valence-electron chi connectivity index (χ2n) is 3.55. The van der Waals surface area contributed by atoms with Gasteiger partial charge in [0.05, 0.1) is 6.61 Å². The molecule has 1 aromatic carbocycles. The Morgan fingerprint density at radius 2 is 2.18 bits per heavy atom. The zero-order valence-electron chi connectivity index (χ0n) is 9.46. The smallest absolute Gasteiger partial charge is 0.160 e. The number of aromatic nitrogens is 1. The van der Waals surface area contributed by atoms with Gasteiger partial charge >= 0.3 is 0 Å². The Labute approximate surface area is 99.1 Å². The highest BCUT2D eigenvalue weighted by molar-refractivity contribution is 5.70. The molecule has 0 amide bonds. The van der Waals surface area contributed by atoms with Gasteiger partial charge in [0.15, 0.2) is 5.76 Å². The van der Waals surface area contributed by atoms with E-state index in [1.54, 1.807) is 37.5 Å². The van der Waals surface area contributed by atoms with Crippen molar-refractivity contribution in [2.45, 2.75) is 6.61 Å². The van der Waals surface area contributed by atoms with E-state index in [2.05, 4.69) is 5.16 Å². The fourth-order valence-corrected chi connectivity index (χ4v) is 1.42. The number of nitrogens with zero attached hydrogens (tertiary/aromatic N) is 1. The topological polar surface area (TPSA) is 55.5 Å². The molecule has 0 saturated heterocycles. The lowest BCUT2D eigenvalue weighted by molar-refractivity contribution is 0.177. The first-order chi connectivity index (χ1) is 8.29. The van der Waals surface area contributed by atoms with Crippen molar-refractivity contribution in [3.8, 4) is 5.75 Å². The molecule has 0 fully saturated rings. The number of ether oxygens (including phenoxy) is 1. The van der Waals surface area contributed by atoms with Crippen LogP contribution in [0.5, 0.6) is 5.75 Å². The molecule has 0 radical (unpaired) electrons. The van der Waals surface area contributed by atoms with Crippen molar-refractivity contribution < 1.29 is 14.4 Å². The van der Waals surface area contributed by atoms with Crippen LogP contribution >= 0.6 is 0 Å². The van der Waals surface area contributed by atoms with E-state index >= 15 is 0 Å². The number of rotatable bonds is 4. The van der Waals surface area contributed by atoms with Crippen LogP contribution in [-0.2, 0) is 11.3 Å². The van der Waals surface area contributed by atoms with E-state index in [0.29, 0.717) is 12.4 Å². The van der Waals surface area contributed by atoms with Crippen LogP contribution in [-0.4, -0.2) is 17.4 Å². The molecule has 4 nitrogen and oxygen atoms in total. The summed E-state index contributed by atoms with van der Waals surface area (Å²) in [4.78, 5) is 0. The molecular weight excluding hydrogens is 218 g/mol. The first-order valence-corrected chi connectivity index (χ1v) is 5.20. The third-order valence-corrected chi connectivity index (χ3v) is 2.23. The van der Waals surface area contributed by atoms with Crippen LogP contribution in [0.4, 0.5) is 0 Å². The van der Waals surface area contributed by atoms with Gasteiger partial charge in [-0.2, -0.15) is 0 Å². The summed E-state index contributed by atoms with van der Waals surface area (Å²) in [7, 11) is 1.60. The minimum atomic E-state index is 0.236. The SMILES string of the molecule is COCc1cc(/C=C/c2ccccc2O)on1. The zero-order chi connectivity index (χ0) is 12.1. The maximum atomic E-state index is 9.56. The van der Waals surface area contributed by atoms with Crippen molar-refractivity contribution in [1.82, 2.24) is 5.16 Å². The van der Waals surface area contributed by atoms with Crippen molar-refractivity contribution in [3.05, 3.63) is 47.3 Å². The van der Waals surface area contributed by atoms with Crippen LogP contribution in [0.3, 0.4) is 0 Å². The quantitative estimate of drug-likeness (QED) is 0.878. The lowest BCUT2D eigenvalue weighted by Crippen LogP contribution is -1.84. The van der Waals surface area contributed by atoms with Gasteiger partial charge in [-0.1, -0.05) is 23.4 Å². The molecule has 88 valence electrons. The van der Waals surface area contributed by atoms with E-state index in [1.807, 2.05) is 12.1 Å². The summed E-state index contributed by atoms with van der Waals surface area (Å²) in [6.45, 7) is 0.425. The summed E-state index contributed by atoms with van der Waals surface area (Å²) in [6.07, 6.45) is 3.52. The number of hydrogen-bond acceptors (Lipinski definition) is 4. The third-order valence-electron chi connectivity index (χ3n) is 2.23. The number of benzene rings is 1. The molecule has 1 aromatic heterocycles. The molecule has 0 atom stereocenters. The normalized spacial score (nSPS) is 11.1. The van der Waals surface area contributed by atoms with Crippen LogP contribution in [0.15, 0.2) is 34.9 Å². The predicted molar refractivity (Wildman–Crippen MR) is 64.3 cm³/mol. The average Bonchev–Trinajstić information content (AvgIpc) is 2.76. The average molecular weight is 231 g/mol. The van der Waals surface area contributed by atoms with Crippen LogP contribution < -0.4 is 0 Å². The first kappa shape index (κ1) is 11.4. The molecule has 1 N–H and O–H groups in total. The minimum Gasteiger partial charge on any atom is -0.507 e. The monoisotopic (exact) mass is 231 g/mol. The fourth-order valence-electron chi connectivity index (χ4n) is 1.42. The number of phenols is 1. The van der Waals surface area contributed by atoms with E-state index in [9.17, 15) is 5.11 Å². The molecule has 0 saturated carbocycles. The van der Waals surface area contributed by atoms with Crippen molar-refractivity contribution in [1.29, 1.82) is 0 Å². The van der Waals surface area contributed by atoms with E-state index < -0.39 is 0 Å². The molecule has 2 aromatic rings. The first-order valence-electron chi connectivity index (χ1n) is 5.20. The fraction of sp³-hybridized carbons (Fsp3) is 0.154. The Morgan fingerprint density at radius 1 is 1.35 bits per heavy atom. The van der Waals surface area contributed by atoms with Gasteiger partial charge in [-0.25, -0.2) is 0 Å². The van der Waals surface area contributed by atoms with Crippen molar-refractivity contribution in [2.75, 3.05) is 7.11 Å². The molecule has 4 heteroatoms. The Hall–Kier alpha value is -2.07. The number of hydrogen-bond donors (Lipinski definition) is 1. The summed E-state index contributed by atoms with van der Waals surface area (Å²) in [5, 5.41) is 13.4. The number of phenolic OH excluding ortho intramolecular Hbond substituents is 1. The van der Waals surface area contributed by atoms with Crippen molar-refractivity contribution in [3.63, 3.8) is 0 Å². The lowest BCUT2D eigenvalue weighted by Gasteiger charge is -1.95.